The third kappa shape index (κ3) is 4.78. The lowest BCUT2D eigenvalue weighted by molar-refractivity contribution is 0.355. The molecule has 0 saturated heterocycles. The van der Waals surface area contributed by atoms with Crippen LogP contribution in [0.15, 0.2) is 46.3 Å². The molecule has 26 heavy (non-hydrogen) atoms. The Morgan fingerprint density at radius 3 is 2.73 bits per heavy atom. The Morgan fingerprint density at radius 2 is 1.96 bits per heavy atom. The van der Waals surface area contributed by atoms with E-state index in [1.807, 2.05) is 35.1 Å². The van der Waals surface area contributed by atoms with Crippen LogP contribution in [0.3, 0.4) is 0 Å². The molecule has 138 valence electrons. The summed E-state index contributed by atoms with van der Waals surface area (Å²) in [4.78, 5) is 0. The molecule has 0 aliphatic rings. The van der Waals surface area contributed by atoms with Gasteiger partial charge in [0.15, 0.2) is 11.5 Å². The molecule has 0 aliphatic heterocycles. The van der Waals surface area contributed by atoms with Crippen LogP contribution in [0.1, 0.15) is 19.3 Å². The van der Waals surface area contributed by atoms with Gasteiger partial charge in [-0.2, -0.15) is 5.10 Å². The fraction of sp³-hybridized carbons (Fsp3) is 0.389. The summed E-state index contributed by atoms with van der Waals surface area (Å²) < 4.78 is 18.2. The minimum atomic E-state index is 0.479. The molecule has 3 rings (SSSR count). The highest BCUT2D eigenvalue weighted by Crippen LogP contribution is 2.32. The van der Waals surface area contributed by atoms with E-state index in [1.165, 1.54) is 0 Å². The number of nitrogens with zero attached hydrogens (tertiary/aromatic N) is 4. The van der Waals surface area contributed by atoms with Gasteiger partial charge >= 0.3 is 0 Å². The van der Waals surface area contributed by atoms with Gasteiger partial charge in [-0.05, 0) is 37.1 Å². The third-order valence-electron chi connectivity index (χ3n) is 3.85. The second-order valence-corrected chi connectivity index (χ2v) is 6.67. The van der Waals surface area contributed by atoms with E-state index in [0.29, 0.717) is 22.6 Å². The lowest BCUT2D eigenvalue weighted by Gasteiger charge is -2.07. The van der Waals surface area contributed by atoms with Crippen molar-refractivity contribution in [3.63, 3.8) is 0 Å². The number of ether oxygens (including phenoxy) is 2. The molecule has 0 unspecified atom stereocenters. The van der Waals surface area contributed by atoms with E-state index in [-0.39, 0.29) is 0 Å². The number of benzene rings is 1. The van der Waals surface area contributed by atoms with E-state index in [2.05, 4.69) is 15.3 Å². The van der Waals surface area contributed by atoms with Crippen LogP contribution >= 0.6 is 11.8 Å². The molecule has 0 spiro atoms. The number of rotatable bonds is 10. The first kappa shape index (κ1) is 18.3. The van der Waals surface area contributed by atoms with Gasteiger partial charge in [-0.3, -0.25) is 4.68 Å². The molecule has 8 heteroatoms. The SMILES string of the molecule is COc1ccc(-c2nnc(SCCCCCn3cccn3)o2)cc1OC. The quantitative estimate of drug-likeness (QED) is 0.393. The molecular weight excluding hydrogens is 352 g/mol. The molecule has 0 fully saturated rings. The highest BCUT2D eigenvalue weighted by atomic mass is 32.2. The van der Waals surface area contributed by atoms with Crippen LogP contribution in [0.25, 0.3) is 11.5 Å². The average Bonchev–Trinajstić information content (AvgIpc) is 3.36. The smallest absolute Gasteiger partial charge is 0.276 e. The Hall–Kier alpha value is -2.48. The normalized spacial score (nSPS) is 10.8. The van der Waals surface area contributed by atoms with Crippen LogP contribution in [0, 0.1) is 0 Å². The number of aromatic nitrogens is 4. The van der Waals surface area contributed by atoms with Gasteiger partial charge in [0.05, 0.1) is 14.2 Å². The zero-order chi connectivity index (χ0) is 18.2. The number of aryl methyl sites for hydroxylation is 1. The summed E-state index contributed by atoms with van der Waals surface area (Å²) in [5, 5.41) is 13.0. The molecular formula is C18H22N4O3S. The second-order valence-electron chi connectivity index (χ2n) is 5.62. The standard InChI is InChI=1S/C18H22N4O3S/c1-23-15-8-7-14(13-16(15)24-2)17-20-21-18(25-17)26-12-5-3-4-10-22-11-6-9-19-22/h6-9,11,13H,3-5,10,12H2,1-2H3. The summed E-state index contributed by atoms with van der Waals surface area (Å²) in [7, 11) is 3.21. The molecule has 0 atom stereocenters. The van der Waals surface area contributed by atoms with Gasteiger partial charge in [-0.1, -0.05) is 18.2 Å². The van der Waals surface area contributed by atoms with Crippen molar-refractivity contribution >= 4 is 11.8 Å². The van der Waals surface area contributed by atoms with Crippen molar-refractivity contribution in [2.75, 3.05) is 20.0 Å². The molecule has 7 nitrogen and oxygen atoms in total. The summed E-state index contributed by atoms with van der Waals surface area (Å²) in [6, 6.07) is 7.47. The van der Waals surface area contributed by atoms with E-state index in [0.717, 1.165) is 37.1 Å². The predicted molar refractivity (Wildman–Crippen MR) is 99.6 cm³/mol. The van der Waals surface area contributed by atoms with E-state index < -0.39 is 0 Å². The van der Waals surface area contributed by atoms with Crippen molar-refractivity contribution in [3.8, 4) is 23.0 Å². The van der Waals surface area contributed by atoms with Crippen molar-refractivity contribution in [1.82, 2.24) is 20.0 Å². The Balaban J connectivity index is 1.46. The molecule has 0 aliphatic carbocycles. The van der Waals surface area contributed by atoms with Gasteiger partial charge in [-0.15, -0.1) is 10.2 Å². The first-order valence-electron chi connectivity index (χ1n) is 8.46. The molecule has 2 aromatic heterocycles. The fourth-order valence-electron chi connectivity index (χ4n) is 2.50. The van der Waals surface area contributed by atoms with Crippen molar-refractivity contribution in [2.24, 2.45) is 0 Å². The molecule has 0 amide bonds. The largest absolute Gasteiger partial charge is 0.493 e. The van der Waals surface area contributed by atoms with Crippen molar-refractivity contribution < 1.29 is 13.9 Å². The van der Waals surface area contributed by atoms with Crippen LogP contribution in [-0.4, -0.2) is 40.0 Å². The van der Waals surface area contributed by atoms with E-state index in [1.54, 1.807) is 32.2 Å². The first-order chi connectivity index (χ1) is 12.8. The van der Waals surface area contributed by atoms with Gasteiger partial charge in [0, 0.05) is 30.3 Å². The zero-order valence-corrected chi connectivity index (χ0v) is 15.7. The van der Waals surface area contributed by atoms with Crippen LogP contribution in [-0.2, 0) is 6.54 Å². The summed E-state index contributed by atoms with van der Waals surface area (Å²) >= 11 is 1.58. The maximum absolute atomic E-state index is 5.74. The number of thioether (sulfide) groups is 1. The maximum atomic E-state index is 5.74. The van der Waals surface area contributed by atoms with Crippen molar-refractivity contribution in [2.45, 2.75) is 31.0 Å². The molecule has 3 aromatic rings. The van der Waals surface area contributed by atoms with E-state index in [4.69, 9.17) is 13.9 Å². The topological polar surface area (TPSA) is 75.2 Å². The number of methoxy groups -OCH3 is 2. The van der Waals surface area contributed by atoms with Gasteiger partial charge < -0.3 is 13.9 Å². The highest BCUT2D eigenvalue weighted by molar-refractivity contribution is 7.99. The van der Waals surface area contributed by atoms with E-state index >= 15 is 0 Å². The molecule has 2 heterocycles. The maximum Gasteiger partial charge on any atom is 0.276 e. The third-order valence-corrected chi connectivity index (χ3v) is 4.76. The molecule has 0 bridgehead atoms. The summed E-state index contributed by atoms with van der Waals surface area (Å²) in [6.07, 6.45) is 7.15. The van der Waals surface area contributed by atoms with Crippen molar-refractivity contribution in [1.29, 1.82) is 0 Å². The van der Waals surface area contributed by atoms with Gasteiger partial charge in [-0.25, -0.2) is 0 Å². The number of hydrogen-bond acceptors (Lipinski definition) is 7. The minimum absolute atomic E-state index is 0.479. The minimum Gasteiger partial charge on any atom is -0.493 e. The second kappa shape index (κ2) is 9.28. The number of unbranched alkanes of at least 4 members (excludes halogenated alkanes) is 2. The van der Waals surface area contributed by atoms with Gasteiger partial charge in [0.2, 0.25) is 5.89 Å². The van der Waals surface area contributed by atoms with Crippen LogP contribution in [0.4, 0.5) is 0 Å². The summed E-state index contributed by atoms with van der Waals surface area (Å²) in [5.41, 5.74) is 0.807. The average molecular weight is 374 g/mol. The Kier molecular flexibility index (Phi) is 6.54. The van der Waals surface area contributed by atoms with Crippen LogP contribution in [0.2, 0.25) is 0 Å². The Morgan fingerprint density at radius 1 is 1.08 bits per heavy atom. The monoisotopic (exact) mass is 374 g/mol. The molecule has 0 N–H and O–H groups in total. The lowest BCUT2D eigenvalue weighted by Crippen LogP contribution is -1.98. The molecule has 0 saturated carbocycles. The van der Waals surface area contributed by atoms with E-state index in [9.17, 15) is 0 Å². The highest BCUT2D eigenvalue weighted by Gasteiger charge is 2.12. The lowest BCUT2D eigenvalue weighted by atomic mass is 10.2. The zero-order valence-electron chi connectivity index (χ0n) is 14.9. The summed E-state index contributed by atoms with van der Waals surface area (Å²) in [6.45, 7) is 0.960. The summed E-state index contributed by atoms with van der Waals surface area (Å²) in [5.74, 6) is 2.73. The molecule has 1 aromatic carbocycles. The number of hydrogen-bond donors (Lipinski definition) is 0. The Labute approximate surface area is 156 Å². The van der Waals surface area contributed by atoms with Gasteiger partial charge in [0.1, 0.15) is 0 Å². The first-order valence-corrected chi connectivity index (χ1v) is 9.45. The van der Waals surface area contributed by atoms with Crippen molar-refractivity contribution in [3.05, 3.63) is 36.7 Å². The Bertz CT molecular complexity index is 805. The predicted octanol–water partition coefficient (Wildman–Crippen LogP) is 3.91. The van der Waals surface area contributed by atoms with Crippen LogP contribution in [0.5, 0.6) is 11.5 Å². The van der Waals surface area contributed by atoms with Crippen LogP contribution < -0.4 is 9.47 Å². The molecule has 0 radical (unpaired) electrons. The fourth-order valence-corrected chi connectivity index (χ4v) is 3.26. The van der Waals surface area contributed by atoms with Gasteiger partial charge in [0.25, 0.3) is 5.22 Å².